The van der Waals surface area contributed by atoms with Crippen molar-refractivity contribution >= 4 is 50.8 Å². The maximum atomic E-state index is 13.1. The summed E-state index contributed by atoms with van der Waals surface area (Å²) < 4.78 is 39.1. The normalized spacial score (nSPS) is 12.4. The number of esters is 1. The van der Waals surface area contributed by atoms with Crippen LogP contribution in [0.1, 0.15) is 103 Å². The van der Waals surface area contributed by atoms with Crippen LogP contribution in [0.4, 0.5) is 5.69 Å². The van der Waals surface area contributed by atoms with Gasteiger partial charge in [0.05, 0.1) is 5.41 Å². The summed E-state index contributed by atoms with van der Waals surface area (Å²) >= 11 is 0. The Bertz CT molecular complexity index is 1650. The first-order valence-corrected chi connectivity index (χ1v) is 20.6. The monoisotopic (exact) mass is 786 g/mol. The van der Waals surface area contributed by atoms with Crippen LogP contribution in [-0.4, -0.2) is 86.8 Å². The van der Waals surface area contributed by atoms with E-state index >= 15 is 0 Å². The van der Waals surface area contributed by atoms with Crippen LogP contribution in [0.3, 0.4) is 0 Å². The summed E-state index contributed by atoms with van der Waals surface area (Å²) in [5, 5.41) is 2.64. The van der Waals surface area contributed by atoms with Crippen molar-refractivity contribution in [3.63, 3.8) is 0 Å². The predicted molar refractivity (Wildman–Crippen MR) is 208 cm³/mol. The van der Waals surface area contributed by atoms with Gasteiger partial charge in [-0.15, -0.1) is 0 Å². The van der Waals surface area contributed by atoms with E-state index in [0.717, 1.165) is 18.2 Å². The number of ketones is 3. The zero-order valence-electron chi connectivity index (χ0n) is 32.7. The predicted octanol–water partition coefficient (Wildman–Crippen LogP) is 5.23. The number of ether oxygens (including phenoxy) is 3. The molecule has 1 aromatic carbocycles. The number of carbonyl (C=O) groups is 5. The molecule has 0 fully saturated rings. The van der Waals surface area contributed by atoms with Gasteiger partial charge in [-0.25, -0.2) is 18.4 Å². The Morgan fingerprint density at radius 2 is 1.45 bits per heavy atom. The first-order valence-electron chi connectivity index (χ1n) is 18.7. The molecule has 2 rings (SSSR count). The number of rotatable bonds is 28. The van der Waals surface area contributed by atoms with Crippen LogP contribution in [0.25, 0.3) is 6.08 Å². The number of sulfone groups is 1. The summed E-state index contributed by atoms with van der Waals surface area (Å²) in [4.78, 5) is 69.9. The Balaban J connectivity index is 1.58. The smallest absolute Gasteiger partial charge is 0.311 e. The largest absolute Gasteiger partial charge is 0.460 e. The molecule has 0 aliphatic carbocycles. The van der Waals surface area contributed by atoms with Crippen molar-refractivity contribution in [2.24, 2.45) is 17.1 Å². The lowest BCUT2D eigenvalue weighted by atomic mass is 9.95. The van der Waals surface area contributed by atoms with Gasteiger partial charge in [-0.05, 0) is 83.5 Å². The first-order chi connectivity index (χ1) is 26.1. The summed E-state index contributed by atoms with van der Waals surface area (Å²) in [6.45, 7) is 6.24. The molecule has 15 heteroatoms. The van der Waals surface area contributed by atoms with Crippen LogP contribution < -0.4 is 11.1 Å². The van der Waals surface area contributed by atoms with Crippen molar-refractivity contribution in [1.29, 1.82) is 0 Å². The fraction of sp³-hybridized carbons (Fsp3) is 0.575. The molecule has 0 aliphatic heterocycles. The van der Waals surface area contributed by atoms with E-state index in [9.17, 15) is 32.4 Å². The summed E-state index contributed by atoms with van der Waals surface area (Å²) in [5.41, 5.74) is 7.04. The highest BCUT2D eigenvalue weighted by Gasteiger charge is 2.24. The van der Waals surface area contributed by atoms with Crippen molar-refractivity contribution in [3.05, 3.63) is 53.9 Å². The van der Waals surface area contributed by atoms with Gasteiger partial charge in [-0.3, -0.25) is 24.0 Å². The summed E-state index contributed by atoms with van der Waals surface area (Å²) in [5.74, 6) is -1.48. The molecule has 1 aromatic heterocycles. The van der Waals surface area contributed by atoms with Crippen molar-refractivity contribution < 1.29 is 46.6 Å². The second-order valence-electron chi connectivity index (χ2n) is 14.5. The highest BCUT2D eigenvalue weighted by atomic mass is 32.2. The van der Waals surface area contributed by atoms with E-state index in [1.165, 1.54) is 12.4 Å². The second-order valence-corrected chi connectivity index (χ2v) is 16.4. The quantitative estimate of drug-likeness (QED) is 0.0644. The van der Waals surface area contributed by atoms with Crippen LogP contribution in [-0.2, 0) is 54.6 Å². The Kier molecular flexibility index (Phi) is 21.4. The molecule has 3 N–H and O–H groups in total. The van der Waals surface area contributed by atoms with E-state index in [0.29, 0.717) is 82.4 Å². The average molecular weight is 787 g/mol. The number of carbonyl (C=O) groups excluding carboxylic acids is 5. The molecule has 55 heavy (non-hydrogen) atoms. The third-order valence-electron chi connectivity index (χ3n) is 8.19. The molecule has 0 bridgehead atoms. The van der Waals surface area contributed by atoms with Gasteiger partial charge in [0.1, 0.15) is 25.6 Å². The Hall–Kier alpha value is -4.18. The lowest BCUT2D eigenvalue weighted by Crippen LogP contribution is -2.27. The van der Waals surface area contributed by atoms with E-state index in [1.54, 1.807) is 51.1 Å². The number of unbranched alkanes of at least 4 members (excludes halogenated alkanes) is 2. The second kappa shape index (κ2) is 25.1. The Morgan fingerprint density at radius 3 is 2.07 bits per heavy atom. The van der Waals surface area contributed by atoms with Gasteiger partial charge in [-0.1, -0.05) is 30.7 Å². The summed E-state index contributed by atoms with van der Waals surface area (Å²) in [6, 6.07) is 6.96. The topological polar surface area (TPSA) is 211 Å². The molecule has 1 heterocycles. The number of allylic oxidation sites excluding steroid dienone is 1. The van der Waals surface area contributed by atoms with E-state index in [-0.39, 0.29) is 67.0 Å². The molecule has 1 amide bonds. The van der Waals surface area contributed by atoms with Gasteiger partial charge < -0.3 is 25.3 Å². The van der Waals surface area contributed by atoms with Crippen molar-refractivity contribution in [1.82, 2.24) is 9.97 Å². The zero-order chi connectivity index (χ0) is 40.7. The minimum Gasteiger partial charge on any atom is -0.460 e. The molecular formula is C40H58N4O10S. The zero-order valence-corrected chi connectivity index (χ0v) is 33.5. The lowest BCUT2D eigenvalue weighted by molar-refractivity contribution is -0.154. The first kappa shape index (κ1) is 47.0. The molecule has 2 aromatic rings. The fourth-order valence-electron chi connectivity index (χ4n) is 5.05. The number of amides is 1. The van der Waals surface area contributed by atoms with Crippen molar-refractivity contribution in [2.75, 3.05) is 44.5 Å². The number of nitrogens with one attached hydrogen (secondary N) is 1. The van der Waals surface area contributed by atoms with Gasteiger partial charge >= 0.3 is 5.97 Å². The SMILES string of the molecule is CC(C)(C)C(=O)OCc1ccc(NC(=O)[C@H](CCCCN)CC(=O)COCC(=O)CCCOCCCC(=O)CCC/C=C/c2cnc(S(C)(=O)=O)nc2)cc1. The number of anilines is 1. The molecular weight excluding hydrogens is 729 g/mol. The van der Waals surface area contributed by atoms with Crippen molar-refractivity contribution in [3.8, 4) is 0 Å². The van der Waals surface area contributed by atoms with Crippen LogP contribution in [0, 0.1) is 11.3 Å². The highest BCUT2D eigenvalue weighted by molar-refractivity contribution is 7.90. The number of benzene rings is 1. The molecule has 304 valence electrons. The van der Waals surface area contributed by atoms with E-state index in [4.69, 9.17) is 19.9 Å². The van der Waals surface area contributed by atoms with Crippen LogP contribution >= 0.6 is 0 Å². The molecule has 0 saturated heterocycles. The van der Waals surface area contributed by atoms with Crippen LogP contribution in [0.2, 0.25) is 0 Å². The number of aromatic nitrogens is 2. The minimum atomic E-state index is -3.44. The van der Waals surface area contributed by atoms with E-state index in [1.807, 2.05) is 6.08 Å². The van der Waals surface area contributed by atoms with Gasteiger partial charge in [0.15, 0.2) is 11.6 Å². The van der Waals surface area contributed by atoms with Crippen LogP contribution in [0.15, 0.2) is 47.9 Å². The molecule has 0 saturated carbocycles. The minimum absolute atomic E-state index is 0.0278. The van der Waals surface area contributed by atoms with Gasteiger partial charge in [0.2, 0.25) is 20.9 Å². The summed E-state index contributed by atoms with van der Waals surface area (Å²) in [6.07, 6.45) is 13.0. The number of nitrogens with zero attached hydrogens (tertiary/aromatic N) is 2. The highest BCUT2D eigenvalue weighted by Crippen LogP contribution is 2.20. The number of Topliss-reactive ketones (excluding diaryl/α,β-unsaturated/α-hetero) is 3. The van der Waals surface area contributed by atoms with Crippen LogP contribution in [0.5, 0.6) is 0 Å². The standard InChI is InChI=1S/C40H58N4O10S/c1-40(2,3)38(49)54-27-30-17-19-33(20-18-30)44-37(48)32(13-8-9-21-41)24-36(47)29-53-28-35(46)16-11-23-52-22-10-15-34(45)14-7-5-6-12-31-25-42-39(43-26-31)55(4,50)51/h6,12,17-20,25-26,32H,5,7-11,13-16,21-24,27-29,41H2,1-4H3,(H,44,48)/b12-6+/t32-/m1/s1. The molecule has 0 radical (unpaired) electrons. The Labute approximate surface area is 325 Å². The van der Waals surface area contributed by atoms with E-state index in [2.05, 4.69) is 15.3 Å². The third-order valence-corrected chi connectivity index (χ3v) is 9.06. The van der Waals surface area contributed by atoms with Gasteiger partial charge in [-0.2, -0.15) is 0 Å². The molecule has 14 nitrogen and oxygen atoms in total. The third kappa shape index (κ3) is 20.9. The number of hydrogen-bond acceptors (Lipinski definition) is 13. The number of hydrogen-bond donors (Lipinski definition) is 2. The summed E-state index contributed by atoms with van der Waals surface area (Å²) in [7, 11) is -3.44. The van der Waals surface area contributed by atoms with Gasteiger partial charge in [0, 0.05) is 74.7 Å². The number of nitrogens with two attached hydrogens (primary N) is 1. The van der Waals surface area contributed by atoms with Gasteiger partial charge in [0.25, 0.3) is 0 Å². The average Bonchev–Trinajstić information content (AvgIpc) is 3.13. The lowest BCUT2D eigenvalue weighted by Gasteiger charge is -2.17. The Morgan fingerprint density at radius 1 is 0.836 bits per heavy atom. The molecule has 0 aliphatic rings. The van der Waals surface area contributed by atoms with E-state index < -0.39 is 21.2 Å². The molecule has 0 spiro atoms. The van der Waals surface area contributed by atoms with Crippen molar-refractivity contribution in [2.45, 2.75) is 103 Å². The maximum Gasteiger partial charge on any atom is 0.311 e. The molecule has 1 atom stereocenters. The fourth-order valence-corrected chi connectivity index (χ4v) is 5.54. The molecule has 0 unspecified atom stereocenters. The maximum absolute atomic E-state index is 13.1.